The molecule has 0 radical (unpaired) electrons. The van der Waals surface area contributed by atoms with Gasteiger partial charge in [-0.1, -0.05) is 18.2 Å². The lowest BCUT2D eigenvalue weighted by molar-refractivity contribution is 0.102. The minimum Gasteiger partial charge on any atom is -0.496 e. The molecule has 0 saturated carbocycles. The first-order valence-electron chi connectivity index (χ1n) is 8.41. The van der Waals surface area contributed by atoms with E-state index in [0.717, 1.165) is 17.7 Å². The summed E-state index contributed by atoms with van der Waals surface area (Å²) in [4.78, 5) is 20.6. The van der Waals surface area contributed by atoms with Gasteiger partial charge in [0.25, 0.3) is 5.91 Å². The van der Waals surface area contributed by atoms with Crippen molar-refractivity contribution in [1.29, 1.82) is 0 Å². The Morgan fingerprint density at radius 3 is 2.67 bits per heavy atom. The molecule has 0 saturated heterocycles. The molecule has 0 spiro atoms. The van der Waals surface area contributed by atoms with E-state index in [-0.39, 0.29) is 11.5 Å². The van der Waals surface area contributed by atoms with Gasteiger partial charge in [0.05, 0.1) is 7.11 Å². The number of rotatable bonds is 7. The predicted molar refractivity (Wildman–Crippen MR) is 102 cm³/mol. The number of methoxy groups -OCH3 is 1. The molecule has 0 aliphatic carbocycles. The van der Waals surface area contributed by atoms with Crippen LogP contribution in [0, 0.1) is 5.82 Å². The fourth-order valence-electron chi connectivity index (χ4n) is 2.52. The van der Waals surface area contributed by atoms with Crippen molar-refractivity contribution >= 4 is 17.5 Å². The van der Waals surface area contributed by atoms with Crippen LogP contribution in [0.25, 0.3) is 0 Å². The minimum atomic E-state index is -0.392. The quantitative estimate of drug-likeness (QED) is 0.669. The Morgan fingerprint density at radius 1 is 1.11 bits per heavy atom. The molecule has 1 heterocycles. The predicted octanol–water partition coefficient (Wildman–Crippen LogP) is 3.53. The standard InChI is InChI=1S/C20H19FN4O2/c1-27-18-5-3-2-4-14(18)10-12-22-20-23-13-11-17(25-20)19(26)24-16-8-6-15(21)7-9-16/h2-9,11,13H,10,12H2,1H3,(H,24,26)(H,22,23,25). The van der Waals surface area contributed by atoms with Gasteiger partial charge < -0.3 is 15.4 Å². The summed E-state index contributed by atoms with van der Waals surface area (Å²) in [5.41, 5.74) is 1.78. The van der Waals surface area contributed by atoms with Crippen molar-refractivity contribution in [1.82, 2.24) is 9.97 Å². The number of carbonyl (C=O) groups is 1. The Kier molecular flexibility index (Phi) is 5.94. The maximum absolute atomic E-state index is 12.9. The van der Waals surface area contributed by atoms with Gasteiger partial charge in [-0.3, -0.25) is 4.79 Å². The molecule has 3 aromatic rings. The summed E-state index contributed by atoms with van der Waals surface area (Å²) in [5.74, 6) is 0.428. The van der Waals surface area contributed by atoms with Gasteiger partial charge in [-0.15, -0.1) is 0 Å². The van der Waals surface area contributed by atoms with Gasteiger partial charge in [-0.05, 0) is 48.4 Å². The first-order valence-corrected chi connectivity index (χ1v) is 8.41. The van der Waals surface area contributed by atoms with Crippen molar-refractivity contribution < 1.29 is 13.9 Å². The first kappa shape index (κ1) is 18.3. The van der Waals surface area contributed by atoms with Crippen LogP contribution in [0.1, 0.15) is 16.1 Å². The van der Waals surface area contributed by atoms with E-state index in [4.69, 9.17) is 4.74 Å². The lowest BCUT2D eigenvalue weighted by atomic mass is 10.1. The van der Waals surface area contributed by atoms with Gasteiger partial charge in [0.2, 0.25) is 5.95 Å². The van der Waals surface area contributed by atoms with Gasteiger partial charge in [0.15, 0.2) is 0 Å². The van der Waals surface area contributed by atoms with Crippen molar-refractivity contribution in [3.63, 3.8) is 0 Å². The molecule has 2 aromatic carbocycles. The van der Waals surface area contributed by atoms with E-state index in [0.29, 0.717) is 18.2 Å². The number of hydrogen-bond donors (Lipinski definition) is 2. The second kappa shape index (κ2) is 8.75. The van der Waals surface area contributed by atoms with Crippen LogP contribution in [-0.4, -0.2) is 29.5 Å². The molecule has 0 fully saturated rings. The van der Waals surface area contributed by atoms with E-state index in [9.17, 15) is 9.18 Å². The smallest absolute Gasteiger partial charge is 0.274 e. The van der Waals surface area contributed by atoms with Gasteiger partial charge in [-0.25, -0.2) is 14.4 Å². The van der Waals surface area contributed by atoms with Gasteiger partial charge in [-0.2, -0.15) is 0 Å². The molecule has 0 atom stereocenters. The van der Waals surface area contributed by atoms with E-state index < -0.39 is 5.91 Å². The fraction of sp³-hybridized carbons (Fsp3) is 0.150. The Labute approximate surface area is 156 Å². The van der Waals surface area contributed by atoms with E-state index in [1.807, 2.05) is 24.3 Å². The second-order valence-corrected chi connectivity index (χ2v) is 5.72. The zero-order chi connectivity index (χ0) is 19.1. The molecule has 0 unspecified atom stereocenters. The number of para-hydroxylation sites is 1. The molecule has 0 bridgehead atoms. The monoisotopic (exact) mass is 366 g/mol. The highest BCUT2D eigenvalue weighted by molar-refractivity contribution is 6.02. The summed E-state index contributed by atoms with van der Waals surface area (Å²) in [6.45, 7) is 0.587. The summed E-state index contributed by atoms with van der Waals surface area (Å²) in [5, 5.41) is 5.77. The highest BCUT2D eigenvalue weighted by Crippen LogP contribution is 2.17. The molecular weight excluding hydrogens is 347 g/mol. The summed E-state index contributed by atoms with van der Waals surface area (Å²) in [7, 11) is 1.64. The van der Waals surface area contributed by atoms with Crippen molar-refractivity contribution in [2.24, 2.45) is 0 Å². The summed E-state index contributed by atoms with van der Waals surface area (Å²) >= 11 is 0. The number of halogens is 1. The molecule has 1 aromatic heterocycles. The topological polar surface area (TPSA) is 76.1 Å². The number of hydrogen-bond acceptors (Lipinski definition) is 5. The highest BCUT2D eigenvalue weighted by Gasteiger charge is 2.09. The summed E-state index contributed by atoms with van der Waals surface area (Å²) in [6, 6.07) is 14.8. The molecule has 6 nitrogen and oxygen atoms in total. The molecule has 0 aliphatic rings. The van der Waals surface area contributed by atoms with Crippen molar-refractivity contribution in [3.05, 3.63) is 77.9 Å². The third-order valence-electron chi connectivity index (χ3n) is 3.86. The minimum absolute atomic E-state index is 0.217. The summed E-state index contributed by atoms with van der Waals surface area (Å²) < 4.78 is 18.3. The molecule has 3 rings (SSSR count). The van der Waals surface area contributed by atoms with Crippen LogP contribution >= 0.6 is 0 Å². The second-order valence-electron chi connectivity index (χ2n) is 5.72. The Bertz CT molecular complexity index is 916. The molecule has 27 heavy (non-hydrogen) atoms. The first-order chi connectivity index (χ1) is 13.2. The largest absolute Gasteiger partial charge is 0.496 e. The van der Waals surface area contributed by atoms with Crippen molar-refractivity contribution in [3.8, 4) is 5.75 Å². The third-order valence-corrected chi connectivity index (χ3v) is 3.86. The molecular formula is C20H19FN4O2. The van der Waals surface area contributed by atoms with Crippen LogP contribution < -0.4 is 15.4 Å². The average molecular weight is 366 g/mol. The normalized spacial score (nSPS) is 10.3. The van der Waals surface area contributed by atoms with E-state index in [1.165, 1.54) is 36.5 Å². The van der Waals surface area contributed by atoms with Crippen LogP contribution in [-0.2, 0) is 6.42 Å². The van der Waals surface area contributed by atoms with E-state index in [2.05, 4.69) is 20.6 Å². The van der Waals surface area contributed by atoms with Crippen LogP contribution in [0.5, 0.6) is 5.75 Å². The van der Waals surface area contributed by atoms with E-state index >= 15 is 0 Å². The number of nitrogens with one attached hydrogen (secondary N) is 2. The molecule has 0 aliphatic heterocycles. The highest BCUT2D eigenvalue weighted by atomic mass is 19.1. The molecule has 7 heteroatoms. The number of benzene rings is 2. The van der Waals surface area contributed by atoms with E-state index in [1.54, 1.807) is 7.11 Å². The Morgan fingerprint density at radius 2 is 1.89 bits per heavy atom. The van der Waals surface area contributed by atoms with Crippen molar-refractivity contribution in [2.45, 2.75) is 6.42 Å². The van der Waals surface area contributed by atoms with Gasteiger partial charge in [0.1, 0.15) is 17.3 Å². The zero-order valence-electron chi connectivity index (χ0n) is 14.8. The SMILES string of the molecule is COc1ccccc1CCNc1nccc(C(=O)Nc2ccc(F)cc2)n1. The van der Waals surface area contributed by atoms with Gasteiger partial charge in [0, 0.05) is 18.4 Å². The fourth-order valence-corrected chi connectivity index (χ4v) is 2.52. The third kappa shape index (κ3) is 5.01. The number of amides is 1. The van der Waals surface area contributed by atoms with Crippen LogP contribution in [0.15, 0.2) is 60.8 Å². The number of ether oxygens (including phenoxy) is 1. The maximum Gasteiger partial charge on any atom is 0.274 e. The zero-order valence-corrected chi connectivity index (χ0v) is 14.8. The Hall–Kier alpha value is -3.48. The van der Waals surface area contributed by atoms with Crippen molar-refractivity contribution in [2.75, 3.05) is 24.3 Å². The number of nitrogens with zero attached hydrogens (tertiary/aromatic N) is 2. The molecule has 2 N–H and O–H groups in total. The number of anilines is 2. The number of aromatic nitrogens is 2. The van der Waals surface area contributed by atoms with Crippen LogP contribution in [0.2, 0.25) is 0 Å². The summed E-state index contributed by atoms with van der Waals surface area (Å²) in [6.07, 6.45) is 2.23. The molecule has 1 amide bonds. The van der Waals surface area contributed by atoms with Gasteiger partial charge >= 0.3 is 0 Å². The number of carbonyl (C=O) groups excluding carboxylic acids is 1. The average Bonchev–Trinajstić information content (AvgIpc) is 2.70. The molecule has 138 valence electrons. The lowest BCUT2D eigenvalue weighted by Gasteiger charge is -2.09. The lowest BCUT2D eigenvalue weighted by Crippen LogP contribution is -2.16. The Balaban J connectivity index is 1.59. The van der Waals surface area contributed by atoms with Crippen LogP contribution in [0.3, 0.4) is 0 Å². The maximum atomic E-state index is 12.9. The van der Waals surface area contributed by atoms with Crippen LogP contribution in [0.4, 0.5) is 16.0 Å².